The van der Waals surface area contributed by atoms with Crippen LogP contribution in [0, 0.1) is 0 Å². The minimum Gasteiger partial charge on any atom is -0.444 e. The molecule has 2 N–H and O–H groups in total. The number of ether oxygens (including phenoxy) is 13. The summed E-state index contributed by atoms with van der Waals surface area (Å²) in [6, 6.07) is 0. The van der Waals surface area contributed by atoms with E-state index in [0.717, 1.165) is 6.54 Å². The minimum atomic E-state index is -0.512. The summed E-state index contributed by atoms with van der Waals surface area (Å²) in [4.78, 5) is 11.5. The van der Waals surface area contributed by atoms with Crippen molar-refractivity contribution in [1.82, 2.24) is 10.6 Å². The Hall–Kier alpha value is -1.25. The van der Waals surface area contributed by atoms with Gasteiger partial charge in [-0.1, -0.05) is 0 Å². The summed E-state index contributed by atoms with van der Waals surface area (Å²) in [7, 11) is 1.89. The number of hydrogen-bond donors (Lipinski definition) is 2. The van der Waals surface area contributed by atoms with Crippen LogP contribution >= 0.6 is 0 Å². The molecule has 0 spiro atoms. The molecule has 0 aliphatic carbocycles. The molecule has 0 aromatic heterocycles. The third-order valence-electron chi connectivity index (χ3n) is 5.50. The van der Waals surface area contributed by atoms with Gasteiger partial charge >= 0.3 is 6.09 Å². The highest BCUT2D eigenvalue weighted by Gasteiger charge is 2.15. The second-order valence-electron chi connectivity index (χ2n) is 10.9. The molecule has 48 heavy (non-hydrogen) atoms. The Balaban J connectivity index is 3.09. The van der Waals surface area contributed by atoms with Crippen molar-refractivity contribution in [2.75, 3.05) is 179 Å². The number of carbonyl (C=O) groups is 1. The fourth-order valence-corrected chi connectivity index (χ4v) is 3.23. The van der Waals surface area contributed by atoms with Gasteiger partial charge in [0, 0.05) is 13.1 Å². The lowest BCUT2D eigenvalue weighted by atomic mass is 10.2. The van der Waals surface area contributed by atoms with Gasteiger partial charge in [0.1, 0.15) is 5.60 Å². The van der Waals surface area contributed by atoms with Crippen LogP contribution in [0.25, 0.3) is 0 Å². The van der Waals surface area contributed by atoms with Gasteiger partial charge in [-0.3, -0.25) is 0 Å². The maximum Gasteiger partial charge on any atom is 0.407 e. The van der Waals surface area contributed by atoms with Gasteiger partial charge in [0.2, 0.25) is 0 Å². The van der Waals surface area contributed by atoms with Gasteiger partial charge in [-0.2, -0.15) is 0 Å². The first-order valence-corrected chi connectivity index (χ1v) is 17.0. The van der Waals surface area contributed by atoms with E-state index in [-0.39, 0.29) is 0 Å². The summed E-state index contributed by atoms with van der Waals surface area (Å²) in [6.07, 6.45) is -0.453. The molecule has 0 rings (SSSR count). The van der Waals surface area contributed by atoms with Crippen molar-refractivity contribution in [1.29, 1.82) is 0 Å². The van der Waals surface area contributed by atoms with Crippen molar-refractivity contribution in [2.24, 2.45) is 0 Å². The smallest absolute Gasteiger partial charge is 0.407 e. The van der Waals surface area contributed by atoms with E-state index in [9.17, 15) is 4.79 Å². The number of hydrogen-bond acceptors (Lipinski definition) is 15. The molecular formula is C32H66N2O14. The Bertz CT molecular complexity index is 646. The molecule has 0 radical (unpaired) electrons. The lowest BCUT2D eigenvalue weighted by molar-refractivity contribution is -0.0283. The molecule has 16 nitrogen and oxygen atoms in total. The summed E-state index contributed by atoms with van der Waals surface area (Å²) in [5.41, 5.74) is -0.512. The van der Waals surface area contributed by atoms with Crippen molar-refractivity contribution in [3.63, 3.8) is 0 Å². The zero-order chi connectivity index (χ0) is 35.1. The number of nitrogens with one attached hydrogen (secondary N) is 2. The average Bonchev–Trinajstić information content (AvgIpc) is 3.05. The SMILES string of the molecule is CNCCOCCOCCOCCOCCOCCOCCOCCOCCOCCOCCOCCOCCNC(=O)OC(C)(C)C. The Morgan fingerprint density at radius 1 is 0.375 bits per heavy atom. The van der Waals surface area contributed by atoms with Crippen molar-refractivity contribution >= 4 is 6.09 Å². The second-order valence-corrected chi connectivity index (χ2v) is 10.9. The van der Waals surface area contributed by atoms with Crippen LogP contribution in [0.5, 0.6) is 0 Å². The lowest BCUT2D eigenvalue weighted by Crippen LogP contribution is -2.34. The van der Waals surface area contributed by atoms with Crippen LogP contribution in [-0.4, -0.2) is 190 Å². The topological polar surface area (TPSA) is 161 Å². The van der Waals surface area contributed by atoms with Crippen LogP contribution in [0.1, 0.15) is 20.8 Å². The first kappa shape index (κ1) is 46.8. The predicted octanol–water partition coefficient (Wildman–Crippen LogP) is 0.930. The van der Waals surface area contributed by atoms with E-state index in [1.165, 1.54) is 0 Å². The lowest BCUT2D eigenvalue weighted by Gasteiger charge is -2.19. The zero-order valence-corrected chi connectivity index (χ0v) is 30.1. The Morgan fingerprint density at radius 3 is 0.792 bits per heavy atom. The van der Waals surface area contributed by atoms with Crippen LogP contribution in [0.15, 0.2) is 0 Å². The van der Waals surface area contributed by atoms with E-state index >= 15 is 0 Å². The number of likely N-dealkylation sites (N-methyl/N-ethyl adjacent to an activating group) is 1. The summed E-state index contributed by atoms with van der Waals surface area (Å²) in [5.74, 6) is 0. The summed E-state index contributed by atoms with van der Waals surface area (Å²) in [6.45, 7) is 18.9. The van der Waals surface area contributed by atoms with Gasteiger partial charge in [-0.05, 0) is 27.8 Å². The molecule has 0 atom stereocenters. The van der Waals surface area contributed by atoms with Gasteiger partial charge in [0.15, 0.2) is 0 Å². The molecule has 16 heteroatoms. The van der Waals surface area contributed by atoms with E-state index in [1.54, 1.807) is 0 Å². The third-order valence-corrected chi connectivity index (χ3v) is 5.50. The van der Waals surface area contributed by atoms with Crippen LogP contribution < -0.4 is 10.6 Å². The first-order valence-electron chi connectivity index (χ1n) is 17.0. The predicted molar refractivity (Wildman–Crippen MR) is 178 cm³/mol. The first-order chi connectivity index (χ1) is 23.5. The molecule has 288 valence electrons. The molecule has 0 heterocycles. The van der Waals surface area contributed by atoms with Crippen LogP contribution in [-0.2, 0) is 61.6 Å². The average molecular weight is 703 g/mol. The molecular weight excluding hydrogens is 636 g/mol. The van der Waals surface area contributed by atoms with Crippen molar-refractivity contribution in [3.05, 3.63) is 0 Å². The second kappa shape index (κ2) is 38.6. The van der Waals surface area contributed by atoms with Crippen LogP contribution in [0.2, 0.25) is 0 Å². The minimum absolute atomic E-state index is 0.382. The van der Waals surface area contributed by atoms with E-state index in [0.29, 0.717) is 165 Å². The number of rotatable bonds is 39. The standard InChI is InChI=1S/C32H66N2O14/c1-32(2,3)48-31(35)34-6-8-37-10-12-39-14-16-41-18-20-43-22-24-45-26-28-47-30-29-46-27-25-44-23-21-42-19-17-40-15-13-38-11-9-36-7-5-33-4/h33H,5-30H2,1-4H3,(H,34,35). The summed E-state index contributed by atoms with van der Waals surface area (Å²) >= 11 is 0. The van der Waals surface area contributed by atoms with Crippen molar-refractivity contribution < 1.29 is 66.4 Å². The van der Waals surface area contributed by atoms with Gasteiger partial charge in [0.25, 0.3) is 0 Å². The molecule has 0 aromatic carbocycles. The van der Waals surface area contributed by atoms with Gasteiger partial charge in [-0.15, -0.1) is 0 Å². The highest BCUT2D eigenvalue weighted by molar-refractivity contribution is 5.67. The Kier molecular flexibility index (Phi) is 37.5. The fraction of sp³-hybridized carbons (Fsp3) is 0.969. The maximum atomic E-state index is 11.5. The Morgan fingerprint density at radius 2 is 0.583 bits per heavy atom. The van der Waals surface area contributed by atoms with E-state index in [2.05, 4.69) is 10.6 Å². The highest BCUT2D eigenvalue weighted by Crippen LogP contribution is 2.06. The molecule has 1 amide bonds. The molecule has 0 saturated heterocycles. The van der Waals surface area contributed by atoms with Crippen molar-refractivity contribution in [2.45, 2.75) is 26.4 Å². The monoisotopic (exact) mass is 702 g/mol. The summed E-state index contributed by atoms with van der Waals surface area (Å²) < 4.78 is 70.5. The van der Waals surface area contributed by atoms with Gasteiger partial charge < -0.3 is 72.2 Å². The van der Waals surface area contributed by atoms with Gasteiger partial charge in [0.05, 0.1) is 159 Å². The van der Waals surface area contributed by atoms with E-state index < -0.39 is 11.7 Å². The van der Waals surface area contributed by atoms with Gasteiger partial charge in [-0.25, -0.2) is 4.79 Å². The van der Waals surface area contributed by atoms with E-state index in [4.69, 9.17) is 61.6 Å². The zero-order valence-electron chi connectivity index (χ0n) is 30.1. The molecule has 0 aliphatic heterocycles. The van der Waals surface area contributed by atoms with Crippen molar-refractivity contribution in [3.8, 4) is 0 Å². The number of amides is 1. The fourth-order valence-electron chi connectivity index (χ4n) is 3.23. The molecule has 0 unspecified atom stereocenters. The highest BCUT2D eigenvalue weighted by atomic mass is 16.6. The normalized spacial score (nSPS) is 11.8. The number of alkyl carbamates (subject to hydrolysis) is 1. The quantitative estimate of drug-likeness (QED) is 0.0870. The Labute approximate surface area is 288 Å². The summed E-state index contributed by atoms with van der Waals surface area (Å²) in [5, 5.41) is 5.65. The van der Waals surface area contributed by atoms with Crippen LogP contribution in [0.3, 0.4) is 0 Å². The molecule has 0 fully saturated rings. The third kappa shape index (κ3) is 42.8. The largest absolute Gasteiger partial charge is 0.444 e. The molecule has 0 aromatic rings. The van der Waals surface area contributed by atoms with Crippen LogP contribution in [0.4, 0.5) is 4.79 Å². The molecule has 0 bridgehead atoms. The maximum absolute atomic E-state index is 11.5. The molecule has 0 aliphatic rings. The number of carbonyl (C=O) groups excluding carboxylic acids is 1. The van der Waals surface area contributed by atoms with E-state index in [1.807, 2.05) is 27.8 Å². The molecule has 0 saturated carbocycles.